The lowest BCUT2D eigenvalue weighted by atomic mass is 9.91. The van der Waals surface area contributed by atoms with Crippen molar-refractivity contribution >= 4 is 87.5 Å². The van der Waals surface area contributed by atoms with E-state index in [2.05, 4.69) is 151 Å². The average molecular weight is 691 g/mol. The highest BCUT2D eigenvalue weighted by atomic mass is 16.3. The van der Waals surface area contributed by atoms with Crippen molar-refractivity contribution in [3.05, 3.63) is 187 Å². The Kier molecular flexibility index (Phi) is 6.08. The first-order chi connectivity index (χ1) is 26.7. The van der Waals surface area contributed by atoms with E-state index >= 15 is 0 Å². The second-order valence-corrected chi connectivity index (χ2v) is 14.3. The van der Waals surface area contributed by atoms with E-state index in [0.717, 1.165) is 77.8 Å². The fourth-order valence-electron chi connectivity index (χ4n) is 8.76. The number of aliphatic imine (C=N–C) groups is 1. The minimum Gasteiger partial charge on any atom is -0.456 e. The van der Waals surface area contributed by atoms with Gasteiger partial charge in [-0.1, -0.05) is 127 Å². The maximum absolute atomic E-state index is 6.80. The van der Waals surface area contributed by atoms with Gasteiger partial charge in [0.25, 0.3) is 0 Å². The first-order valence-electron chi connectivity index (χ1n) is 18.4. The normalized spacial score (nSPS) is 14.4. The lowest BCUT2D eigenvalue weighted by molar-refractivity contribution is 0.504. The third kappa shape index (κ3) is 4.28. The second-order valence-electron chi connectivity index (χ2n) is 14.3. The van der Waals surface area contributed by atoms with E-state index in [1.807, 2.05) is 24.3 Å². The van der Waals surface area contributed by atoms with Crippen LogP contribution >= 0.6 is 0 Å². The largest absolute Gasteiger partial charge is 0.456 e. The number of nitrogens with one attached hydrogen (secondary N) is 1. The fraction of sp³-hybridized carbons (Fsp3) is 0.0200. The van der Waals surface area contributed by atoms with Gasteiger partial charge in [-0.05, 0) is 102 Å². The van der Waals surface area contributed by atoms with Gasteiger partial charge in [0.1, 0.15) is 34.3 Å². The molecule has 9 aromatic carbocycles. The van der Waals surface area contributed by atoms with Crippen molar-refractivity contribution in [3.63, 3.8) is 0 Å². The number of amidine groups is 1. The molecule has 11 aromatic rings. The summed E-state index contributed by atoms with van der Waals surface area (Å²) >= 11 is 0. The molecule has 0 spiro atoms. The SMILES string of the molecule is c1ccc(C2NC(c3cc(-c4ccc5c6ccccc6c6ccccc6c5c4)cc4oc5cc6ccccc6cc5c34)=Nc3c2oc2ccccc32)cc1. The monoisotopic (exact) mass is 690 g/mol. The Labute approximate surface area is 309 Å². The molecule has 1 unspecified atom stereocenters. The van der Waals surface area contributed by atoms with Crippen LogP contribution in [0.2, 0.25) is 0 Å². The predicted molar refractivity (Wildman–Crippen MR) is 223 cm³/mol. The van der Waals surface area contributed by atoms with Crippen LogP contribution in [0.3, 0.4) is 0 Å². The number of hydrogen-bond acceptors (Lipinski definition) is 4. The zero-order chi connectivity index (χ0) is 35.3. The number of nitrogens with zero attached hydrogens (tertiary/aromatic N) is 1. The summed E-state index contributed by atoms with van der Waals surface area (Å²) in [5.41, 5.74) is 7.61. The number of furan rings is 2. The smallest absolute Gasteiger partial charge is 0.157 e. The van der Waals surface area contributed by atoms with Crippen molar-refractivity contribution < 1.29 is 8.83 Å². The molecule has 2 aromatic heterocycles. The van der Waals surface area contributed by atoms with Gasteiger partial charge in [0.15, 0.2) is 5.76 Å². The Morgan fingerprint density at radius 1 is 0.426 bits per heavy atom. The van der Waals surface area contributed by atoms with Gasteiger partial charge in [-0.2, -0.15) is 0 Å². The molecule has 1 atom stereocenters. The molecule has 3 heterocycles. The first-order valence-corrected chi connectivity index (χ1v) is 18.4. The van der Waals surface area contributed by atoms with Crippen LogP contribution in [0.5, 0.6) is 0 Å². The van der Waals surface area contributed by atoms with Crippen molar-refractivity contribution in [1.29, 1.82) is 0 Å². The summed E-state index contributed by atoms with van der Waals surface area (Å²) < 4.78 is 13.3. The highest BCUT2D eigenvalue weighted by Crippen LogP contribution is 2.45. The molecule has 0 aliphatic carbocycles. The van der Waals surface area contributed by atoms with Crippen LogP contribution in [0, 0.1) is 0 Å². The third-order valence-corrected chi connectivity index (χ3v) is 11.3. The van der Waals surface area contributed by atoms with Crippen LogP contribution in [-0.4, -0.2) is 5.84 Å². The lowest BCUT2D eigenvalue weighted by Crippen LogP contribution is -2.32. The molecule has 0 bridgehead atoms. The second kappa shape index (κ2) is 11.2. The van der Waals surface area contributed by atoms with E-state index < -0.39 is 0 Å². The minimum absolute atomic E-state index is 0.237. The Hall–Kier alpha value is -7.17. The van der Waals surface area contributed by atoms with Crippen LogP contribution in [0.1, 0.15) is 22.9 Å². The van der Waals surface area contributed by atoms with Crippen molar-refractivity contribution in [2.24, 2.45) is 4.99 Å². The molecular weight excluding hydrogens is 661 g/mol. The summed E-state index contributed by atoms with van der Waals surface area (Å²) in [7, 11) is 0. The maximum Gasteiger partial charge on any atom is 0.157 e. The Morgan fingerprint density at radius 2 is 1.06 bits per heavy atom. The molecule has 0 saturated heterocycles. The highest BCUT2D eigenvalue weighted by molar-refractivity contribution is 6.26. The summed E-state index contributed by atoms with van der Waals surface area (Å²) in [6.45, 7) is 0. The maximum atomic E-state index is 6.80. The van der Waals surface area contributed by atoms with Crippen molar-refractivity contribution in [1.82, 2.24) is 5.32 Å². The number of benzene rings is 9. The molecule has 252 valence electrons. The molecule has 54 heavy (non-hydrogen) atoms. The van der Waals surface area contributed by atoms with Crippen LogP contribution in [-0.2, 0) is 0 Å². The van der Waals surface area contributed by atoms with Crippen molar-refractivity contribution in [3.8, 4) is 11.1 Å². The van der Waals surface area contributed by atoms with Gasteiger partial charge < -0.3 is 14.2 Å². The summed E-state index contributed by atoms with van der Waals surface area (Å²) in [6, 6.07) is 60.1. The topological polar surface area (TPSA) is 50.7 Å². The number of hydrogen-bond donors (Lipinski definition) is 1. The van der Waals surface area contributed by atoms with Gasteiger partial charge in [0, 0.05) is 21.7 Å². The van der Waals surface area contributed by atoms with Crippen molar-refractivity contribution in [2.45, 2.75) is 6.04 Å². The summed E-state index contributed by atoms with van der Waals surface area (Å²) in [6.07, 6.45) is 0. The highest BCUT2D eigenvalue weighted by Gasteiger charge is 2.31. The molecule has 12 rings (SSSR count). The number of para-hydroxylation sites is 1. The number of fused-ring (bicyclic) bond motifs is 13. The van der Waals surface area contributed by atoms with Gasteiger partial charge in [0.2, 0.25) is 0 Å². The Bertz CT molecular complexity index is 3330. The standard InChI is InChI=1S/C50H30N2O2/c1-2-12-29(13-3-1)47-49-48(39-20-10-11-21-43(39)54-49)52-50(51-47)42-26-33(28-45-46(42)41-25-30-14-4-5-15-31(30)27-44(41)53-45)32-22-23-38-36-18-7-6-16-34(36)35-17-8-9-19-37(35)40(38)24-32/h1-28,47H,(H,51,52). The number of rotatable bonds is 3. The minimum atomic E-state index is -0.237. The molecular formula is C50H30N2O2. The lowest BCUT2D eigenvalue weighted by Gasteiger charge is -2.25. The summed E-state index contributed by atoms with van der Waals surface area (Å²) in [5.74, 6) is 1.60. The molecule has 1 N–H and O–H groups in total. The van der Waals surface area contributed by atoms with Crippen LogP contribution in [0.15, 0.2) is 184 Å². The van der Waals surface area contributed by atoms with Crippen LogP contribution < -0.4 is 5.32 Å². The predicted octanol–water partition coefficient (Wildman–Crippen LogP) is 13.4. The molecule has 0 radical (unpaired) electrons. The van der Waals surface area contributed by atoms with E-state index in [-0.39, 0.29) is 6.04 Å². The van der Waals surface area contributed by atoms with Gasteiger partial charge in [-0.15, -0.1) is 0 Å². The summed E-state index contributed by atoms with van der Waals surface area (Å²) in [4.78, 5) is 5.41. The van der Waals surface area contributed by atoms with Crippen LogP contribution in [0.4, 0.5) is 5.69 Å². The van der Waals surface area contributed by atoms with E-state index in [1.54, 1.807) is 0 Å². The Balaban J connectivity index is 1.15. The van der Waals surface area contributed by atoms with E-state index in [0.29, 0.717) is 0 Å². The molecule has 1 aliphatic heterocycles. The van der Waals surface area contributed by atoms with Crippen molar-refractivity contribution in [2.75, 3.05) is 0 Å². The van der Waals surface area contributed by atoms with E-state index in [4.69, 9.17) is 13.8 Å². The van der Waals surface area contributed by atoms with Gasteiger partial charge in [-0.25, -0.2) is 4.99 Å². The van der Waals surface area contributed by atoms with Crippen LogP contribution in [0.25, 0.3) is 87.1 Å². The van der Waals surface area contributed by atoms with Gasteiger partial charge in [0.05, 0.1) is 0 Å². The zero-order valence-electron chi connectivity index (χ0n) is 29.0. The third-order valence-electron chi connectivity index (χ3n) is 11.3. The molecule has 0 saturated carbocycles. The Morgan fingerprint density at radius 3 is 1.81 bits per heavy atom. The summed E-state index contributed by atoms with van der Waals surface area (Å²) in [5, 5.41) is 16.8. The van der Waals surface area contributed by atoms with E-state index in [9.17, 15) is 0 Å². The molecule has 0 fully saturated rings. The van der Waals surface area contributed by atoms with E-state index in [1.165, 1.54) is 37.7 Å². The average Bonchev–Trinajstić information content (AvgIpc) is 3.80. The molecule has 4 nitrogen and oxygen atoms in total. The zero-order valence-corrected chi connectivity index (χ0v) is 29.0. The fourth-order valence-corrected chi connectivity index (χ4v) is 8.76. The first kappa shape index (κ1) is 29.4. The van der Waals surface area contributed by atoms with Gasteiger partial charge >= 0.3 is 0 Å². The molecule has 4 heteroatoms. The quantitative estimate of drug-likeness (QED) is 0.188. The molecule has 1 aliphatic rings. The molecule has 0 amide bonds. The van der Waals surface area contributed by atoms with Gasteiger partial charge in [-0.3, -0.25) is 0 Å².